The number of halogens is 1. The summed E-state index contributed by atoms with van der Waals surface area (Å²) < 4.78 is 21.1. The second kappa shape index (κ2) is 7.52. The van der Waals surface area contributed by atoms with Crippen LogP contribution in [0.15, 0.2) is 18.2 Å². The zero-order valence-electron chi connectivity index (χ0n) is 15.1. The molecule has 0 unspecified atom stereocenters. The number of fused-ring (bicyclic) bond motifs is 1. The van der Waals surface area contributed by atoms with E-state index in [2.05, 4.69) is 24.1 Å². The lowest BCUT2D eigenvalue weighted by molar-refractivity contribution is -0.137. The smallest absolute Gasteiger partial charge is 0.225 e. The zero-order valence-corrected chi connectivity index (χ0v) is 15.1. The average Bonchev–Trinajstić information content (AvgIpc) is 2.90. The molecule has 6 heteroatoms. The molecule has 0 saturated carbocycles. The molecule has 1 saturated heterocycles. The molecule has 136 valence electrons. The molecule has 0 aliphatic carbocycles. The number of amides is 1. The van der Waals surface area contributed by atoms with E-state index in [-0.39, 0.29) is 23.7 Å². The number of aryl methyl sites for hydroxylation is 1. The lowest BCUT2D eigenvalue weighted by atomic mass is 9.87. The summed E-state index contributed by atoms with van der Waals surface area (Å²) in [6.07, 6.45) is 2.41. The lowest BCUT2D eigenvalue weighted by Crippen LogP contribution is -2.44. The van der Waals surface area contributed by atoms with E-state index in [0.29, 0.717) is 18.9 Å². The van der Waals surface area contributed by atoms with Crippen molar-refractivity contribution in [3.63, 3.8) is 0 Å². The monoisotopic (exact) mass is 347 g/mol. The predicted molar refractivity (Wildman–Crippen MR) is 94.7 cm³/mol. The van der Waals surface area contributed by atoms with Crippen molar-refractivity contribution in [1.82, 2.24) is 14.9 Å². The van der Waals surface area contributed by atoms with Crippen LogP contribution in [0, 0.1) is 17.7 Å². The van der Waals surface area contributed by atoms with Gasteiger partial charge in [-0.3, -0.25) is 4.79 Å². The molecular formula is C19H26FN3O2. The summed E-state index contributed by atoms with van der Waals surface area (Å²) in [5.74, 6) is 0.867. The Kier molecular flexibility index (Phi) is 5.37. The summed E-state index contributed by atoms with van der Waals surface area (Å²) in [6, 6.07) is 4.58. The van der Waals surface area contributed by atoms with Gasteiger partial charge in [0.2, 0.25) is 5.91 Å². The first-order valence-electron chi connectivity index (χ1n) is 8.97. The molecular weight excluding hydrogens is 321 g/mol. The topological polar surface area (TPSA) is 56.1 Å². The maximum Gasteiger partial charge on any atom is 0.225 e. The molecule has 1 aromatic carbocycles. The first-order valence-corrected chi connectivity index (χ1v) is 8.97. The normalized spacial score (nSPS) is 21.0. The first kappa shape index (κ1) is 17.9. The Morgan fingerprint density at radius 3 is 3.04 bits per heavy atom. The van der Waals surface area contributed by atoms with Crippen molar-refractivity contribution < 1.29 is 13.9 Å². The number of carbonyl (C=O) groups is 1. The molecule has 2 aromatic rings. The van der Waals surface area contributed by atoms with Gasteiger partial charge in [0.1, 0.15) is 11.6 Å². The number of nitrogens with zero attached hydrogens (tertiary/aromatic N) is 2. The van der Waals surface area contributed by atoms with E-state index in [1.54, 1.807) is 6.07 Å². The number of aromatic nitrogens is 2. The quantitative estimate of drug-likeness (QED) is 0.905. The number of nitrogens with one attached hydrogen (secondary N) is 1. The molecule has 1 N–H and O–H groups in total. The van der Waals surface area contributed by atoms with Gasteiger partial charge in [0.15, 0.2) is 0 Å². The summed E-state index contributed by atoms with van der Waals surface area (Å²) in [7, 11) is 1.87. The van der Waals surface area contributed by atoms with Crippen LogP contribution in [0.2, 0.25) is 0 Å². The SMILES string of the molecule is CC(C)[C@@H]1OCCC[C@@H]1C(=O)NCCc1nc2ccc(F)cc2n1C. The Morgan fingerprint density at radius 1 is 1.48 bits per heavy atom. The molecule has 1 aliphatic heterocycles. The highest BCUT2D eigenvalue weighted by molar-refractivity contribution is 5.79. The number of hydrogen-bond donors (Lipinski definition) is 1. The minimum Gasteiger partial charge on any atom is -0.377 e. The van der Waals surface area contributed by atoms with Gasteiger partial charge in [0.25, 0.3) is 0 Å². The van der Waals surface area contributed by atoms with Gasteiger partial charge in [-0.2, -0.15) is 0 Å². The molecule has 1 fully saturated rings. The molecule has 0 radical (unpaired) electrons. The Labute approximate surface area is 147 Å². The second-order valence-corrected chi connectivity index (χ2v) is 7.09. The minimum absolute atomic E-state index is 0.00697. The van der Waals surface area contributed by atoms with Gasteiger partial charge < -0.3 is 14.6 Å². The minimum atomic E-state index is -0.271. The number of hydrogen-bond acceptors (Lipinski definition) is 3. The van der Waals surface area contributed by atoms with E-state index in [9.17, 15) is 9.18 Å². The summed E-state index contributed by atoms with van der Waals surface area (Å²) >= 11 is 0. The maximum atomic E-state index is 13.4. The number of imidazole rings is 1. The standard InChI is InChI=1S/C19H26FN3O2/c1-12(2)18-14(5-4-10-25-18)19(24)21-9-8-17-22-15-7-6-13(20)11-16(15)23(17)3/h6-7,11-12,14,18H,4-5,8-10H2,1-3H3,(H,21,24)/t14-,18-/m0/s1. The van der Waals surface area contributed by atoms with Crippen LogP contribution < -0.4 is 5.32 Å². The van der Waals surface area contributed by atoms with Crippen LogP contribution in [0.25, 0.3) is 11.0 Å². The highest BCUT2D eigenvalue weighted by Gasteiger charge is 2.33. The molecule has 2 heterocycles. The fourth-order valence-corrected chi connectivity index (χ4v) is 3.61. The number of ether oxygens (including phenoxy) is 1. The molecule has 25 heavy (non-hydrogen) atoms. The van der Waals surface area contributed by atoms with E-state index >= 15 is 0 Å². The van der Waals surface area contributed by atoms with Crippen molar-refractivity contribution in [2.75, 3.05) is 13.2 Å². The van der Waals surface area contributed by atoms with Crippen LogP contribution in [0.5, 0.6) is 0 Å². The molecule has 0 bridgehead atoms. The number of benzene rings is 1. The van der Waals surface area contributed by atoms with E-state index < -0.39 is 0 Å². The number of rotatable bonds is 5. The summed E-state index contributed by atoms with van der Waals surface area (Å²) in [5, 5.41) is 3.02. The third-order valence-corrected chi connectivity index (χ3v) is 4.94. The summed E-state index contributed by atoms with van der Waals surface area (Å²) in [6.45, 7) is 5.44. The third kappa shape index (κ3) is 3.84. The van der Waals surface area contributed by atoms with Crippen LogP contribution in [-0.2, 0) is 23.0 Å². The third-order valence-electron chi connectivity index (χ3n) is 4.94. The van der Waals surface area contributed by atoms with Crippen LogP contribution in [0.3, 0.4) is 0 Å². The highest BCUT2D eigenvalue weighted by atomic mass is 19.1. The van der Waals surface area contributed by atoms with Gasteiger partial charge in [0, 0.05) is 26.6 Å². The van der Waals surface area contributed by atoms with Crippen LogP contribution in [0.1, 0.15) is 32.5 Å². The van der Waals surface area contributed by atoms with E-state index in [1.807, 2.05) is 11.6 Å². The fraction of sp³-hybridized carbons (Fsp3) is 0.579. The van der Waals surface area contributed by atoms with E-state index in [0.717, 1.165) is 36.3 Å². The molecule has 1 aliphatic rings. The molecule has 1 amide bonds. The molecule has 5 nitrogen and oxygen atoms in total. The Balaban J connectivity index is 1.61. The second-order valence-electron chi connectivity index (χ2n) is 7.09. The van der Waals surface area contributed by atoms with Crippen LogP contribution in [0.4, 0.5) is 4.39 Å². The molecule has 1 aromatic heterocycles. The molecule has 3 rings (SSSR count). The largest absolute Gasteiger partial charge is 0.377 e. The van der Waals surface area contributed by atoms with Gasteiger partial charge >= 0.3 is 0 Å². The fourth-order valence-electron chi connectivity index (χ4n) is 3.61. The van der Waals surface area contributed by atoms with Crippen molar-refractivity contribution in [3.8, 4) is 0 Å². The highest BCUT2D eigenvalue weighted by Crippen LogP contribution is 2.26. The summed E-state index contributed by atoms with van der Waals surface area (Å²) in [5.41, 5.74) is 1.53. The zero-order chi connectivity index (χ0) is 18.0. The van der Waals surface area contributed by atoms with Gasteiger partial charge in [-0.05, 0) is 37.0 Å². The van der Waals surface area contributed by atoms with Gasteiger partial charge in [-0.1, -0.05) is 13.8 Å². The van der Waals surface area contributed by atoms with Crippen molar-refractivity contribution in [2.24, 2.45) is 18.9 Å². The van der Waals surface area contributed by atoms with E-state index in [4.69, 9.17) is 4.74 Å². The molecule has 0 spiro atoms. The van der Waals surface area contributed by atoms with Crippen LogP contribution >= 0.6 is 0 Å². The van der Waals surface area contributed by atoms with Crippen molar-refractivity contribution in [1.29, 1.82) is 0 Å². The van der Waals surface area contributed by atoms with Gasteiger partial charge in [-0.15, -0.1) is 0 Å². The van der Waals surface area contributed by atoms with Crippen LogP contribution in [-0.4, -0.2) is 34.7 Å². The Morgan fingerprint density at radius 2 is 2.28 bits per heavy atom. The lowest BCUT2D eigenvalue weighted by Gasteiger charge is -2.33. The average molecular weight is 347 g/mol. The number of carbonyl (C=O) groups excluding carboxylic acids is 1. The molecule has 2 atom stereocenters. The Hall–Kier alpha value is -1.95. The first-order chi connectivity index (χ1) is 12.0. The maximum absolute atomic E-state index is 13.4. The van der Waals surface area contributed by atoms with Gasteiger partial charge in [-0.25, -0.2) is 9.37 Å². The predicted octanol–water partition coefficient (Wildman–Crippen LogP) is 2.82. The summed E-state index contributed by atoms with van der Waals surface area (Å²) in [4.78, 5) is 17.1. The Bertz CT molecular complexity index is 756. The van der Waals surface area contributed by atoms with Crippen molar-refractivity contribution in [2.45, 2.75) is 39.2 Å². The van der Waals surface area contributed by atoms with E-state index in [1.165, 1.54) is 12.1 Å². The van der Waals surface area contributed by atoms with Crippen molar-refractivity contribution in [3.05, 3.63) is 29.8 Å². The van der Waals surface area contributed by atoms with Gasteiger partial charge in [0.05, 0.1) is 23.1 Å². The van der Waals surface area contributed by atoms with Crippen molar-refractivity contribution >= 4 is 16.9 Å².